The first-order valence-electron chi connectivity index (χ1n) is 7.93. The summed E-state index contributed by atoms with van der Waals surface area (Å²) in [4.78, 5) is 17.0. The van der Waals surface area contributed by atoms with Crippen LogP contribution in [0.3, 0.4) is 0 Å². The molecule has 0 aromatic heterocycles. The summed E-state index contributed by atoms with van der Waals surface area (Å²) in [6, 6.07) is 6.10. The minimum atomic E-state index is 0.263. The highest BCUT2D eigenvalue weighted by atomic mass is 16.1. The van der Waals surface area contributed by atoms with E-state index in [9.17, 15) is 4.79 Å². The fourth-order valence-corrected chi connectivity index (χ4v) is 3.26. The van der Waals surface area contributed by atoms with Gasteiger partial charge in [0.2, 0.25) is 0 Å². The van der Waals surface area contributed by atoms with E-state index in [0.29, 0.717) is 6.54 Å². The highest BCUT2D eigenvalue weighted by molar-refractivity contribution is 5.98. The summed E-state index contributed by atoms with van der Waals surface area (Å²) in [5.41, 5.74) is 3.20. The lowest BCUT2D eigenvalue weighted by molar-refractivity contribution is 0.0885. The predicted molar refractivity (Wildman–Crippen MR) is 88.0 cm³/mol. The second-order valence-corrected chi connectivity index (χ2v) is 6.72. The first-order chi connectivity index (χ1) is 9.95. The van der Waals surface area contributed by atoms with Crippen molar-refractivity contribution in [2.45, 2.75) is 26.7 Å². The molecule has 0 unspecified atom stereocenters. The number of ketones is 1. The van der Waals surface area contributed by atoms with E-state index in [0.717, 1.165) is 30.1 Å². The van der Waals surface area contributed by atoms with Gasteiger partial charge >= 0.3 is 0 Å². The van der Waals surface area contributed by atoms with Crippen LogP contribution in [0.4, 0.5) is 0 Å². The number of likely N-dealkylation sites (tertiary alicyclic amines) is 1. The fourth-order valence-electron chi connectivity index (χ4n) is 3.26. The third kappa shape index (κ3) is 4.65. The van der Waals surface area contributed by atoms with Gasteiger partial charge in [-0.15, -0.1) is 0 Å². The molecule has 0 atom stereocenters. The van der Waals surface area contributed by atoms with Gasteiger partial charge in [-0.3, -0.25) is 9.69 Å². The van der Waals surface area contributed by atoms with E-state index >= 15 is 0 Å². The quantitative estimate of drug-likeness (QED) is 0.778. The topological polar surface area (TPSA) is 23.6 Å². The second-order valence-electron chi connectivity index (χ2n) is 6.72. The van der Waals surface area contributed by atoms with Gasteiger partial charge < -0.3 is 4.90 Å². The van der Waals surface area contributed by atoms with Crippen molar-refractivity contribution < 1.29 is 4.79 Å². The van der Waals surface area contributed by atoms with E-state index in [4.69, 9.17) is 0 Å². The van der Waals surface area contributed by atoms with Gasteiger partial charge in [0.15, 0.2) is 5.78 Å². The number of piperidine rings is 1. The minimum Gasteiger partial charge on any atom is -0.309 e. The smallest absolute Gasteiger partial charge is 0.177 e. The highest BCUT2D eigenvalue weighted by Crippen LogP contribution is 2.19. The number of nitrogens with zero attached hydrogens (tertiary/aromatic N) is 2. The van der Waals surface area contributed by atoms with E-state index < -0.39 is 0 Å². The minimum absolute atomic E-state index is 0.263. The molecular weight excluding hydrogens is 260 g/mol. The average Bonchev–Trinajstić information content (AvgIpc) is 2.40. The van der Waals surface area contributed by atoms with Crippen molar-refractivity contribution in [3.05, 3.63) is 34.9 Å². The molecule has 1 aromatic rings. The first kappa shape index (κ1) is 16.2. The highest BCUT2D eigenvalue weighted by Gasteiger charge is 2.22. The average molecular weight is 288 g/mol. The molecular formula is C18H28N2O. The summed E-state index contributed by atoms with van der Waals surface area (Å²) in [6.07, 6.45) is 2.41. The number of hydrogen-bond acceptors (Lipinski definition) is 3. The summed E-state index contributed by atoms with van der Waals surface area (Å²) in [5.74, 6) is 1.05. The third-order valence-electron chi connectivity index (χ3n) is 4.38. The van der Waals surface area contributed by atoms with Crippen molar-refractivity contribution in [1.82, 2.24) is 9.80 Å². The van der Waals surface area contributed by atoms with Crippen molar-refractivity contribution in [1.29, 1.82) is 0 Å². The van der Waals surface area contributed by atoms with E-state index in [1.54, 1.807) is 0 Å². The Morgan fingerprint density at radius 3 is 2.48 bits per heavy atom. The summed E-state index contributed by atoms with van der Waals surface area (Å²) >= 11 is 0. The number of benzene rings is 1. The van der Waals surface area contributed by atoms with Gasteiger partial charge in [-0.2, -0.15) is 0 Å². The van der Waals surface area contributed by atoms with Crippen LogP contribution in [0.2, 0.25) is 0 Å². The molecule has 116 valence electrons. The maximum absolute atomic E-state index is 12.5. The molecule has 1 aliphatic heterocycles. The lowest BCUT2D eigenvalue weighted by Gasteiger charge is -2.32. The molecule has 0 bridgehead atoms. The molecule has 1 aromatic carbocycles. The van der Waals surface area contributed by atoms with Crippen LogP contribution in [-0.4, -0.2) is 55.9 Å². The zero-order chi connectivity index (χ0) is 15.4. The molecule has 1 saturated heterocycles. The van der Waals surface area contributed by atoms with Gasteiger partial charge in [0.25, 0.3) is 0 Å². The maximum Gasteiger partial charge on any atom is 0.177 e. The Morgan fingerprint density at radius 1 is 1.24 bits per heavy atom. The van der Waals surface area contributed by atoms with Crippen molar-refractivity contribution in [2.24, 2.45) is 5.92 Å². The molecule has 1 aliphatic rings. The first-order valence-corrected chi connectivity index (χ1v) is 7.93. The fraction of sp³-hybridized carbons (Fsp3) is 0.611. The summed E-state index contributed by atoms with van der Waals surface area (Å²) < 4.78 is 0. The SMILES string of the molecule is Cc1ccc(C(=O)CN2CCC(CN(C)C)CC2)c(C)c1. The normalized spacial score (nSPS) is 17.4. The molecule has 0 N–H and O–H groups in total. The molecule has 2 rings (SSSR count). The Balaban J connectivity index is 1.87. The van der Waals surface area contributed by atoms with Gasteiger partial charge in [-0.1, -0.05) is 23.8 Å². The van der Waals surface area contributed by atoms with E-state index in [-0.39, 0.29) is 5.78 Å². The van der Waals surface area contributed by atoms with Crippen LogP contribution in [0.25, 0.3) is 0 Å². The summed E-state index contributed by atoms with van der Waals surface area (Å²) in [7, 11) is 4.27. The van der Waals surface area contributed by atoms with Crippen LogP contribution < -0.4 is 0 Å². The maximum atomic E-state index is 12.5. The lowest BCUT2D eigenvalue weighted by atomic mass is 9.95. The van der Waals surface area contributed by atoms with Gasteiger partial charge in [-0.25, -0.2) is 0 Å². The molecule has 3 heteroatoms. The number of rotatable bonds is 5. The van der Waals surface area contributed by atoms with E-state index in [1.807, 2.05) is 19.1 Å². The largest absolute Gasteiger partial charge is 0.309 e. The zero-order valence-electron chi connectivity index (χ0n) is 13.9. The number of Topliss-reactive ketones (excluding diaryl/α,β-unsaturated/α-hetero) is 1. The van der Waals surface area contributed by atoms with Crippen LogP contribution in [0.1, 0.15) is 34.3 Å². The molecule has 0 saturated carbocycles. The van der Waals surface area contributed by atoms with Gasteiger partial charge in [0.1, 0.15) is 0 Å². The van der Waals surface area contributed by atoms with Crippen LogP contribution in [0.5, 0.6) is 0 Å². The Hall–Kier alpha value is -1.19. The Bertz CT molecular complexity index is 488. The number of carbonyl (C=O) groups excluding carboxylic acids is 1. The van der Waals surface area contributed by atoms with Crippen LogP contribution in [0, 0.1) is 19.8 Å². The molecule has 3 nitrogen and oxygen atoms in total. The molecule has 0 spiro atoms. The predicted octanol–water partition coefficient (Wildman–Crippen LogP) is 2.76. The van der Waals surface area contributed by atoms with Gasteiger partial charge in [-0.05, 0) is 65.4 Å². The number of aryl methyl sites for hydroxylation is 2. The Labute approximate surface area is 128 Å². The number of hydrogen-bond donors (Lipinski definition) is 0. The van der Waals surface area contributed by atoms with Crippen molar-refractivity contribution in [3.63, 3.8) is 0 Å². The summed E-state index contributed by atoms with van der Waals surface area (Å²) in [5, 5.41) is 0. The molecule has 1 fully saturated rings. The van der Waals surface area contributed by atoms with Crippen LogP contribution in [0.15, 0.2) is 18.2 Å². The number of carbonyl (C=O) groups is 1. The van der Waals surface area contributed by atoms with Crippen molar-refractivity contribution in [3.8, 4) is 0 Å². The van der Waals surface area contributed by atoms with Gasteiger partial charge in [0, 0.05) is 12.1 Å². The Morgan fingerprint density at radius 2 is 1.90 bits per heavy atom. The second kappa shape index (κ2) is 7.19. The molecule has 0 radical (unpaired) electrons. The standard InChI is InChI=1S/C18H28N2O/c1-14-5-6-17(15(2)11-14)18(21)13-20-9-7-16(8-10-20)12-19(3)4/h5-6,11,16H,7-10,12-13H2,1-4H3. The monoisotopic (exact) mass is 288 g/mol. The van der Waals surface area contributed by atoms with Crippen molar-refractivity contribution >= 4 is 5.78 Å². The Kier molecular flexibility index (Phi) is 5.54. The van der Waals surface area contributed by atoms with E-state index in [1.165, 1.54) is 24.9 Å². The van der Waals surface area contributed by atoms with Crippen LogP contribution >= 0.6 is 0 Å². The zero-order valence-corrected chi connectivity index (χ0v) is 13.9. The van der Waals surface area contributed by atoms with Crippen LogP contribution in [-0.2, 0) is 0 Å². The van der Waals surface area contributed by atoms with Crippen molar-refractivity contribution in [2.75, 3.05) is 40.3 Å². The molecule has 1 heterocycles. The van der Waals surface area contributed by atoms with Gasteiger partial charge in [0.05, 0.1) is 6.54 Å². The molecule has 0 aliphatic carbocycles. The third-order valence-corrected chi connectivity index (χ3v) is 4.38. The molecule has 21 heavy (non-hydrogen) atoms. The lowest BCUT2D eigenvalue weighted by Crippen LogP contribution is -2.39. The van der Waals surface area contributed by atoms with E-state index in [2.05, 4.69) is 36.9 Å². The molecule has 0 amide bonds. The summed E-state index contributed by atoms with van der Waals surface area (Å²) in [6.45, 7) is 7.93.